The predicted octanol–water partition coefficient (Wildman–Crippen LogP) is 2.48. The second-order valence-electron chi connectivity index (χ2n) is 4.60. The number of rotatable bonds is 5. The SMILES string of the molecule is CCc1ccccc1Nc1ccc(S(=O)(=O)NC)c(N)c1. The number of nitrogens with two attached hydrogens (primary N) is 1. The molecule has 21 heavy (non-hydrogen) atoms. The minimum atomic E-state index is -3.53. The van der Waals surface area contributed by atoms with E-state index in [2.05, 4.69) is 17.0 Å². The monoisotopic (exact) mass is 305 g/mol. The standard InChI is InChI=1S/C15H19N3O2S/c1-3-11-6-4-5-7-14(11)18-12-8-9-15(13(16)10-12)21(19,20)17-2/h4-10,17-18H,3,16H2,1-2H3. The number of nitrogen functional groups attached to an aromatic ring is 1. The van der Waals surface area contributed by atoms with Crippen molar-refractivity contribution in [2.45, 2.75) is 18.2 Å². The van der Waals surface area contributed by atoms with Crippen LogP contribution in [-0.2, 0) is 16.4 Å². The van der Waals surface area contributed by atoms with Gasteiger partial charge in [-0.15, -0.1) is 0 Å². The van der Waals surface area contributed by atoms with Crippen LogP contribution in [0.1, 0.15) is 12.5 Å². The molecule has 0 saturated heterocycles. The highest BCUT2D eigenvalue weighted by Crippen LogP contribution is 2.26. The van der Waals surface area contributed by atoms with E-state index in [1.54, 1.807) is 12.1 Å². The van der Waals surface area contributed by atoms with Crippen LogP contribution in [0.4, 0.5) is 17.1 Å². The van der Waals surface area contributed by atoms with E-state index in [1.165, 1.54) is 18.7 Å². The maximum Gasteiger partial charge on any atom is 0.242 e. The van der Waals surface area contributed by atoms with Crippen molar-refractivity contribution >= 4 is 27.1 Å². The third-order valence-electron chi connectivity index (χ3n) is 3.25. The summed E-state index contributed by atoms with van der Waals surface area (Å²) < 4.78 is 25.8. The molecule has 0 radical (unpaired) electrons. The molecule has 4 N–H and O–H groups in total. The first-order valence-corrected chi connectivity index (χ1v) is 8.14. The average Bonchev–Trinajstić information content (AvgIpc) is 2.47. The summed E-state index contributed by atoms with van der Waals surface area (Å²) in [6, 6.07) is 12.8. The lowest BCUT2D eigenvalue weighted by atomic mass is 10.1. The van der Waals surface area contributed by atoms with Crippen molar-refractivity contribution in [3.05, 3.63) is 48.0 Å². The molecular weight excluding hydrogens is 286 g/mol. The molecule has 0 aromatic heterocycles. The number of sulfonamides is 1. The van der Waals surface area contributed by atoms with Gasteiger partial charge in [0.15, 0.2) is 0 Å². The Kier molecular flexibility index (Phi) is 4.50. The molecule has 2 aromatic rings. The Hall–Kier alpha value is -2.05. The molecule has 0 atom stereocenters. The molecule has 0 aliphatic rings. The molecule has 0 fully saturated rings. The summed E-state index contributed by atoms with van der Waals surface area (Å²) in [5, 5.41) is 3.27. The van der Waals surface area contributed by atoms with Gasteiger partial charge < -0.3 is 11.1 Å². The van der Waals surface area contributed by atoms with Crippen LogP contribution in [0.25, 0.3) is 0 Å². The summed E-state index contributed by atoms with van der Waals surface area (Å²) in [6.45, 7) is 2.08. The molecule has 0 amide bonds. The van der Waals surface area contributed by atoms with Crippen LogP contribution < -0.4 is 15.8 Å². The van der Waals surface area contributed by atoms with Crippen molar-refractivity contribution in [2.75, 3.05) is 18.1 Å². The van der Waals surface area contributed by atoms with Crippen LogP contribution in [-0.4, -0.2) is 15.5 Å². The summed E-state index contributed by atoms with van der Waals surface area (Å²) in [6.07, 6.45) is 0.908. The molecule has 2 rings (SSSR count). The average molecular weight is 305 g/mol. The Bertz CT molecular complexity index is 742. The highest BCUT2D eigenvalue weighted by atomic mass is 32.2. The minimum absolute atomic E-state index is 0.0827. The van der Waals surface area contributed by atoms with Gasteiger partial charge in [-0.25, -0.2) is 13.1 Å². The van der Waals surface area contributed by atoms with E-state index >= 15 is 0 Å². The first-order chi connectivity index (χ1) is 9.97. The van der Waals surface area contributed by atoms with Crippen molar-refractivity contribution in [2.24, 2.45) is 0 Å². The zero-order chi connectivity index (χ0) is 15.5. The fraction of sp³-hybridized carbons (Fsp3) is 0.200. The quantitative estimate of drug-likeness (QED) is 0.741. The first kappa shape index (κ1) is 15.3. The van der Waals surface area contributed by atoms with Crippen LogP contribution >= 0.6 is 0 Å². The largest absolute Gasteiger partial charge is 0.398 e. The van der Waals surface area contributed by atoms with Gasteiger partial charge in [0.1, 0.15) is 4.90 Å². The van der Waals surface area contributed by atoms with Crippen LogP contribution in [0.3, 0.4) is 0 Å². The van der Waals surface area contributed by atoms with Gasteiger partial charge in [-0.1, -0.05) is 25.1 Å². The van der Waals surface area contributed by atoms with Crippen LogP contribution in [0.5, 0.6) is 0 Å². The van der Waals surface area contributed by atoms with Gasteiger partial charge in [-0.05, 0) is 43.3 Å². The lowest BCUT2D eigenvalue weighted by molar-refractivity contribution is 0.588. The molecule has 0 aliphatic carbocycles. The second-order valence-corrected chi connectivity index (χ2v) is 6.45. The van der Waals surface area contributed by atoms with E-state index in [9.17, 15) is 8.42 Å². The lowest BCUT2D eigenvalue weighted by Crippen LogP contribution is -2.19. The predicted molar refractivity (Wildman–Crippen MR) is 86.2 cm³/mol. The Morgan fingerprint density at radius 3 is 2.48 bits per heavy atom. The van der Waals surface area contributed by atoms with Gasteiger partial charge in [0.2, 0.25) is 10.0 Å². The Morgan fingerprint density at radius 2 is 1.86 bits per heavy atom. The Morgan fingerprint density at radius 1 is 1.14 bits per heavy atom. The third-order valence-corrected chi connectivity index (χ3v) is 4.73. The fourth-order valence-electron chi connectivity index (χ4n) is 2.09. The highest BCUT2D eigenvalue weighted by Gasteiger charge is 2.15. The molecule has 0 heterocycles. The molecule has 0 saturated carbocycles. The van der Waals surface area contributed by atoms with Gasteiger partial charge in [0, 0.05) is 11.4 Å². The van der Waals surface area contributed by atoms with Crippen molar-refractivity contribution in [3.63, 3.8) is 0 Å². The van der Waals surface area contributed by atoms with Crippen molar-refractivity contribution in [1.82, 2.24) is 4.72 Å². The van der Waals surface area contributed by atoms with Crippen LogP contribution in [0, 0.1) is 0 Å². The van der Waals surface area contributed by atoms with Gasteiger partial charge in [-0.2, -0.15) is 0 Å². The number of benzene rings is 2. The molecule has 6 heteroatoms. The topological polar surface area (TPSA) is 84.2 Å². The molecule has 0 bridgehead atoms. The Labute approximate surface area is 125 Å². The number of hydrogen-bond donors (Lipinski definition) is 3. The normalized spacial score (nSPS) is 11.3. The van der Waals surface area contributed by atoms with Crippen molar-refractivity contribution in [3.8, 4) is 0 Å². The zero-order valence-corrected chi connectivity index (χ0v) is 12.9. The lowest BCUT2D eigenvalue weighted by Gasteiger charge is -2.13. The van der Waals surface area contributed by atoms with Gasteiger partial charge in [0.05, 0.1) is 5.69 Å². The highest BCUT2D eigenvalue weighted by molar-refractivity contribution is 7.89. The summed E-state index contributed by atoms with van der Waals surface area (Å²) in [5.74, 6) is 0. The molecule has 0 spiro atoms. The second kappa shape index (κ2) is 6.15. The van der Waals surface area contributed by atoms with Crippen LogP contribution in [0.2, 0.25) is 0 Å². The summed E-state index contributed by atoms with van der Waals surface area (Å²) >= 11 is 0. The van der Waals surface area contributed by atoms with E-state index in [0.29, 0.717) is 0 Å². The Balaban J connectivity index is 2.33. The van der Waals surface area contributed by atoms with E-state index in [0.717, 1.165) is 17.8 Å². The zero-order valence-electron chi connectivity index (χ0n) is 12.1. The smallest absolute Gasteiger partial charge is 0.242 e. The van der Waals surface area contributed by atoms with Crippen molar-refractivity contribution in [1.29, 1.82) is 0 Å². The fourth-order valence-corrected chi connectivity index (χ4v) is 2.92. The number of anilines is 3. The molecule has 2 aromatic carbocycles. The van der Waals surface area contributed by atoms with E-state index in [1.807, 2.05) is 24.3 Å². The molecule has 5 nitrogen and oxygen atoms in total. The van der Waals surface area contributed by atoms with Gasteiger partial charge >= 0.3 is 0 Å². The van der Waals surface area contributed by atoms with E-state index in [4.69, 9.17) is 5.73 Å². The molecule has 0 aliphatic heterocycles. The summed E-state index contributed by atoms with van der Waals surface area (Å²) in [7, 11) is -2.17. The van der Waals surface area contributed by atoms with Gasteiger partial charge in [0.25, 0.3) is 0 Å². The maximum atomic E-state index is 11.8. The number of para-hydroxylation sites is 1. The van der Waals surface area contributed by atoms with Gasteiger partial charge in [-0.3, -0.25) is 0 Å². The molecule has 112 valence electrons. The number of aryl methyl sites for hydroxylation is 1. The van der Waals surface area contributed by atoms with E-state index < -0.39 is 10.0 Å². The summed E-state index contributed by atoms with van der Waals surface area (Å²) in [4.78, 5) is 0.0827. The molecule has 0 unspecified atom stereocenters. The number of hydrogen-bond acceptors (Lipinski definition) is 4. The van der Waals surface area contributed by atoms with Crippen LogP contribution in [0.15, 0.2) is 47.4 Å². The van der Waals surface area contributed by atoms with E-state index in [-0.39, 0.29) is 10.6 Å². The number of nitrogens with one attached hydrogen (secondary N) is 2. The molecular formula is C15H19N3O2S. The van der Waals surface area contributed by atoms with Crippen molar-refractivity contribution < 1.29 is 8.42 Å². The third kappa shape index (κ3) is 3.34. The minimum Gasteiger partial charge on any atom is -0.398 e. The first-order valence-electron chi connectivity index (χ1n) is 6.66. The summed E-state index contributed by atoms with van der Waals surface area (Å²) in [5.41, 5.74) is 8.99. The maximum absolute atomic E-state index is 11.8.